The Kier molecular flexibility index (Phi) is 6.99. The summed E-state index contributed by atoms with van der Waals surface area (Å²) < 4.78 is 0. The van der Waals surface area contributed by atoms with Crippen LogP contribution in [0.5, 0.6) is 0 Å². The number of anilines is 2. The molecule has 29 heavy (non-hydrogen) atoms. The van der Waals surface area contributed by atoms with E-state index >= 15 is 0 Å². The van der Waals surface area contributed by atoms with Crippen molar-refractivity contribution in [1.82, 2.24) is 5.32 Å². The van der Waals surface area contributed by atoms with E-state index in [1.807, 2.05) is 0 Å². The molecule has 4 rings (SSSR count). The normalized spacial score (nSPS) is 17.9. The summed E-state index contributed by atoms with van der Waals surface area (Å²) in [5.41, 5.74) is 11.9. The van der Waals surface area contributed by atoms with E-state index in [4.69, 9.17) is 5.73 Å². The van der Waals surface area contributed by atoms with E-state index in [1.54, 1.807) is 0 Å². The number of nitrogens with zero attached hydrogens (tertiary/aromatic N) is 2. The third-order valence-corrected chi connectivity index (χ3v) is 5.86. The van der Waals surface area contributed by atoms with Crippen LogP contribution in [0.2, 0.25) is 0 Å². The van der Waals surface area contributed by atoms with Crippen molar-refractivity contribution in [1.29, 1.82) is 0 Å². The van der Waals surface area contributed by atoms with Gasteiger partial charge in [-0.3, -0.25) is 0 Å². The molecule has 2 aromatic rings. The summed E-state index contributed by atoms with van der Waals surface area (Å²) in [5.74, 6) is 0. The van der Waals surface area contributed by atoms with Gasteiger partial charge < -0.3 is 20.9 Å². The number of hydrogen-bond donors (Lipinski definition) is 2. The van der Waals surface area contributed by atoms with Gasteiger partial charge in [-0.05, 0) is 48.9 Å². The fourth-order valence-electron chi connectivity index (χ4n) is 4.23. The molecule has 4 heteroatoms. The summed E-state index contributed by atoms with van der Waals surface area (Å²) >= 11 is 0. The molecule has 0 aromatic heterocycles. The van der Waals surface area contributed by atoms with Gasteiger partial charge in [0.05, 0.1) is 11.4 Å². The van der Waals surface area contributed by atoms with Crippen LogP contribution in [-0.2, 0) is 6.42 Å². The van der Waals surface area contributed by atoms with Crippen LogP contribution in [0.15, 0.2) is 74.0 Å². The maximum atomic E-state index is 5.74. The molecule has 3 N–H and O–H groups in total. The van der Waals surface area contributed by atoms with E-state index in [-0.39, 0.29) is 0 Å². The Hall–Kier alpha value is -2.72. The van der Waals surface area contributed by atoms with Gasteiger partial charge in [-0.15, -0.1) is 13.2 Å². The Morgan fingerprint density at radius 2 is 1.79 bits per heavy atom. The average molecular weight is 391 g/mol. The summed E-state index contributed by atoms with van der Waals surface area (Å²) in [4.78, 5) is 5.05. The SMILES string of the molecule is C=C.C=C(N)CNCC1N(C)c2ccc(Cc3ccccc3)cc2N1C1CCC1. The minimum Gasteiger partial charge on any atom is -0.401 e. The zero-order chi connectivity index (χ0) is 20.8. The lowest BCUT2D eigenvalue weighted by atomic mass is 9.90. The van der Waals surface area contributed by atoms with Gasteiger partial charge in [0.1, 0.15) is 6.17 Å². The summed E-state index contributed by atoms with van der Waals surface area (Å²) in [5, 5.41) is 3.47. The number of hydrogen-bond acceptors (Lipinski definition) is 4. The molecule has 1 unspecified atom stereocenters. The maximum Gasteiger partial charge on any atom is 0.114 e. The molecule has 1 fully saturated rings. The Morgan fingerprint density at radius 1 is 1.07 bits per heavy atom. The van der Waals surface area contributed by atoms with E-state index in [2.05, 4.69) is 90.4 Å². The highest BCUT2D eigenvalue weighted by Crippen LogP contribution is 2.44. The molecule has 4 nitrogen and oxygen atoms in total. The van der Waals surface area contributed by atoms with Gasteiger partial charge in [-0.25, -0.2) is 0 Å². The largest absolute Gasteiger partial charge is 0.401 e. The molecule has 0 amide bonds. The van der Waals surface area contributed by atoms with Crippen molar-refractivity contribution >= 4 is 11.4 Å². The van der Waals surface area contributed by atoms with Crippen LogP contribution < -0.4 is 20.9 Å². The molecule has 1 saturated carbocycles. The minimum absolute atomic E-state index is 0.330. The van der Waals surface area contributed by atoms with Gasteiger partial charge >= 0.3 is 0 Å². The molecule has 0 bridgehead atoms. The first-order valence-corrected chi connectivity index (χ1v) is 10.5. The first kappa shape index (κ1) is 21.0. The predicted molar refractivity (Wildman–Crippen MR) is 125 cm³/mol. The Bertz CT molecular complexity index is 813. The molecule has 0 spiro atoms. The lowest BCUT2D eigenvalue weighted by Gasteiger charge is -2.41. The summed E-state index contributed by atoms with van der Waals surface area (Å²) in [6.07, 6.45) is 5.22. The van der Waals surface area contributed by atoms with E-state index < -0.39 is 0 Å². The van der Waals surface area contributed by atoms with Gasteiger partial charge in [0.2, 0.25) is 0 Å². The molecular formula is C25H34N4. The Morgan fingerprint density at radius 3 is 2.41 bits per heavy atom. The monoisotopic (exact) mass is 390 g/mol. The third-order valence-electron chi connectivity index (χ3n) is 5.86. The van der Waals surface area contributed by atoms with Crippen LogP contribution in [0.4, 0.5) is 11.4 Å². The van der Waals surface area contributed by atoms with E-state index in [1.165, 1.54) is 41.8 Å². The van der Waals surface area contributed by atoms with Crippen LogP contribution in [0.3, 0.4) is 0 Å². The number of likely N-dealkylation sites (N-methyl/N-ethyl adjacent to an activating group) is 1. The molecule has 0 saturated heterocycles. The summed E-state index contributed by atoms with van der Waals surface area (Å²) in [6, 6.07) is 18.3. The molecule has 2 aliphatic rings. The van der Waals surface area contributed by atoms with Crippen molar-refractivity contribution in [3.63, 3.8) is 0 Å². The van der Waals surface area contributed by atoms with Gasteiger partial charge in [0.15, 0.2) is 0 Å². The van der Waals surface area contributed by atoms with E-state index in [0.717, 1.165) is 13.0 Å². The number of benzene rings is 2. The number of nitrogens with one attached hydrogen (secondary N) is 1. The van der Waals surface area contributed by atoms with Crippen molar-refractivity contribution in [3.05, 3.63) is 85.1 Å². The van der Waals surface area contributed by atoms with Crippen LogP contribution in [0.1, 0.15) is 30.4 Å². The second kappa shape index (κ2) is 9.66. The topological polar surface area (TPSA) is 44.5 Å². The average Bonchev–Trinajstić information content (AvgIpc) is 2.95. The third kappa shape index (κ3) is 4.65. The minimum atomic E-state index is 0.330. The molecule has 1 aliphatic carbocycles. The van der Waals surface area contributed by atoms with Crippen molar-refractivity contribution in [3.8, 4) is 0 Å². The van der Waals surface area contributed by atoms with Gasteiger partial charge in [-0.1, -0.05) is 43.0 Å². The number of fused-ring (bicyclic) bond motifs is 1. The first-order valence-electron chi connectivity index (χ1n) is 10.5. The van der Waals surface area contributed by atoms with Crippen molar-refractivity contribution in [2.24, 2.45) is 5.73 Å². The molecule has 1 aliphatic heterocycles. The van der Waals surface area contributed by atoms with Crippen molar-refractivity contribution in [2.75, 3.05) is 29.9 Å². The van der Waals surface area contributed by atoms with Crippen LogP contribution in [0.25, 0.3) is 0 Å². The van der Waals surface area contributed by atoms with Gasteiger partial charge in [0.25, 0.3) is 0 Å². The fraction of sp³-hybridized carbons (Fsp3) is 0.360. The van der Waals surface area contributed by atoms with Gasteiger partial charge in [0, 0.05) is 31.9 Å². The fourth-order valence-corrected chi connectivity index (χ4v) is 4.23. The summed E-state index contributed by atoms with van der Waals surface area (Å²) in [7, 11) is 2.21. The standard InChI is InChI=1S/C23H30N4.C2H4/c1-17(24)15-25-16-23-26(2)21-12-11-19(13-18-7-4-3-5-8-18)14-22(21)27(23)20-9-6-10-20;1-2/h3-5,7-8,11-12,14,20,23,25H,1,6,9-10,13,15-16,24H2,2H3;1-2H2. The predicted octanol–water partition coefficient (Wildman–Crippen LogP) is 4.28. The molecule has 1 atom stereocenters. The van der Waals surface area contributed by atoms with Crippen LogP contribution in [0, 0.1) is 0 Å². The Labute approximate surface area is 175 Å². The molecule has 1 heterocycles. The van der Waals surface area contributed by atoms with Crippen LogP contribution in [-0.4, -0.2) is 32.3 Å². The summed E-state index contributed by atoms with van der Waals surface area (Å²) in [6.45, 7) is 11.3. The molecule has 154 valence electrons. The zero-order valence-electron chi connectivity index (χ0n) is 17.6. The Balaban J connectivity index is 0.00000117. The highest BCUT2D eigenvalue weighted by molar-refractivity contribution is 5.79. The van der Waals surface area contributed by atoms with Crippen LogP contribution >= 0.6 is 0 Å². The molecule has 0 radical (unpaired) electrons. The highest BCUT2D eigenvalue weighted by Gasteiger charge is 2.39. The molecule has 2 aromatic carbocycles. The highest BCUT2D eigenvalue weighted by atomic mass is 15.4. The van der Waals surface area contributed by atoms with Gasteiger partial charge in [-0.2, -0.15) is 0 Å². The van der Waals surface area contributed by atoms with E-state index in [9.17, 15) is 0 Å². The van der Waals surface area contributed by atoms with Crippen molar-refractivity contribution in [2.45, 2.75) is 37.9 Å². The smallest absolute Gasteiger partial charge is 0.114 e. The molecular weight excluding hydrogens is 356 g/mol. The lowest BCUT2D eigenvalue weighted by molar-refractivity contribution is 0.359. The number of rotatable bonds is 7. The first-order chi connectivity index (χ1) is 14.1. The second-order valence-electron chi connectivity index (χ2n) is 7.86. The van der Waals surface area contributed by atoms with Crippen molar-refractivity contribution < 1.29 is 0 Å². The quantitative estimate of drug-likeness (QED) is 0.693. The number of nitrogens with two attached hydrogens (primary N) is 1. The maximum absolute atomic E-state index is 5.74. The lowest BCUT2D eigenvalue weighted by Crippen LogP contribution is -2.54. The second-order valence-corrected chi connectivity index (χ2v) is 7.86. The zero-order valence-corrected chi connectivity index (χ0v) is 17.6. The van der Waals surface area contributed by atoms with E-state index in [0.29, 0.717) is 24.4 Å².